The van der Waals surface area contributed by atoms with E-state index in [0.717, 1.165) is 11.8 Å². The van der Waals surface area contributed by atoms with Crippen LogP contribution in [0, 0.1) is 11.6 Å². The Balaban J connectivity index is 2.26. The van der Waals surface area contributed by atoms with Crippen LogP contribution < -0.4 is 16.6 Å². The first kappa shape index (κ1) is 13.0. The van der Waals surface area contributed by atoms with E-state index >= 15 is 0 Å². The first-order valence-electron chi connectivity index (χ1n) is 5.52. The Morgan fingerprint density at radius 1 is 1.00 bits per heavy atom. The van der Waals surface area contributed by atoms with E-state index in [1.807, 2.05) is 18.2 Å². The molecule has 6 heteroatoms. The van der Waals surface area contributed by atoms with Gasteiger partial charge in [-0.2, -0.15) is 0 Å². The summed E-state index contributed by atoms with van der Waals surface area (Å²) >= 11 is 0. The molecule has 0 aromatic heterocycles. The molecule has 0 aliphatic heterocycles. The fourth-order valence-electron chi connectivity index (χ4n) is 1.45. The Labute approximate surface area is 108 Å². The number of nitrogens with two attached hydrogens (primary N) is 1. The lowest BCUT2D eigenvalue weighted by molar-refractivity contribution is 0.510. The minimum atomic E-state index is -1.02. The van der Waals surface area contributed by atoms with Gasteiger partial charge in [-0.25, -0.2) is 19.6 Å². The number of nitrogens with zero attached hydrogens (tertiary/aromatic N) is 1. The Kier molecular flexibility index (Phi) is 4.04. The summed E-state index contributed by atoms with van der Waals surface area (Å²) in [5.74, 6) is 3.42. The van der Waals surface area contributed by atoms with Crippen LogP contribution in [0.5, 0.6) is 0 Å². The molecule has 0 saturated carbocycles. The van der Waals surface area contributed by atoms with Gasteiger partial charge < -0.3 is 5.32 Å². The average molecular weight is 262 g/mol. The smallest absolute Gasteiger partial charge is 0.215 e. The van der Waals surface area contributed by atoms with Crippen LogP contribution in [0.15, 0.2) is 53.5 Å². The van der Waals surface area contributed by atoms with Gasteiger partial charge in [-0.05, 0) is 24.3 Å². The summed E-state index contributed by atoms with van der Waals surface area (Å²) < 4.78 is 26.5. The van der Waals surface area contributed by atoms with Gasteiger partial charge in [0.05, 0.1) is 0 Å². The zero-order valence-electron chi connectivity index (χ0n) is 9.90. The van der Waals surface area contributed by atoms with E-state index in [0.29, 0.717) is 0 Å². The highest BCUT2D eigenvalue weighted by molar-refractivity contribution is 5.94. The van der Waals surface area contributed by atoms with Crippen molar-refractivity contribution in [1.29, 1.82) is 0 Å². The zero-order valence-corrected chi connectivity index (χ0v) is 9.90. The topological polar surface area (TPSA) is 62.4 Å². The van der Waals surface area contributed by atoms with Crippen molar-refractivity contribution in [3.63, 3.8) is 0 Å². The predicted molar refractivity (Wildman–Crippen MR) is 70.8 cm³/mol. The van der Waals surface area contributed by atoms with Gasteiger partial charge in [0.2, 0.25) is 5.96 Å². The number of benzene rings is 2. The standard InChI is InChI=1S/C13H12F2N4/c14-10-7-4-8-11(12(10)15)18-13(19-16)17-9-5-2-1-3-6-9/h1-8H,16H2,(H2,17,18,19). The van der Waals surface area contributed by atoms with Crippen molar-refractivity contribution in [1.82, 2.24) is 5.43 Å². The Morgan fingerprint density at radius 2 is 1.74 bits per heavy atom. The van der Waals surface area contributed by atoms with E-state index in [-0.39, 0.29) is 11.6 Å². The number of nitrogens with one attached hydrogen (secondary N) is 2. The molecule has 2 rings (SSSR count). The monoisotopic (exact) mass is 262 g/mol. The van der Waals surface area contributed by atoms with Crippen LogP contribution >= 0.6 is 0 Å². The summed E-state index contributed by atoms with van der Waals surface area (Å²) in [4.78, 5) is 3.89. The van der Waals surface area contributed by atoms with Crippen LogP contribution in [0.3, 0.4) is 0 Å². The first-order chi connectivity index (χ1) is 9.20. The Bertz CT molecular complexity index is 584. The zero-order chi connectivity index (χ0) is 13.7. The molecule has 4 N–H and O–H groups in total. The molecular weight excluding hydrogens is 250 g/mol. The van der Waals surface area contributed by atoms with E-state index in [1.165, 1.54) is 12.1 Å². The molecule has 0 saturated heterocycles. The fraction of sp³-hybridized carbons (Fsp3) is 0. The van der Waals surface area contributed by atoms with E-state index in [9.17, 15) is 8.78 Å². The highest BCUT2D eigenvalue weighted by atomic mass is 19.2. The molecule has 0 heterocycles. The molecule has 0 radical (unpaired) electrons. The van der Waals surface area contributed by atoms with E-state index < -0.39 is 11.6 Å². The molecule has 19 heavy (non-hydrogen) atoms. The average Bonchev–Trinajstić information content (AvgIpc) is 2.44. The van der Waals surface area contributed by atoms with Crippen molar-refractivity contribution >= 4 is 17.3 Å². The normalized spacial score (nSPS) is 11.2. The molecule has 98 valence electrons. The number of rotatable bonds is 2. The SMILES string of the molecule is NNC(=Nc1cccc(F)c1F)Nc1ccccc1. The van der Waals surface area contributed by atoms with Gasteiger partial charge in [0.15, 0.2) is 11.6 Å². The summed E-state index contributed by atoms with van der Waals surface area (Å²) in [6, 6.07) is 12.8. The molecule has 0 bridgehead atoms. The molecule has 0 unspecified atom stereocenters. The fourth-order valence-corrected chi connectivity index (χ4v) is 1.45. The number of hydrogen-bond acceptors (Lipinski definition) is 2. The summed E-state index contributed by atoms with van der Waals surface area (Å²) in [5, 5.41) is 2.85. The summed E-state index contributed by atoms with van der Waals surface area (Å²) in [7, 11) is 0. The van der Waals surface area contributed by atoms with Crippen LogP contribution in [0.4, 0.5) is 20.2 Å². The lowest BCUT2D eigenvalue weighted by atomic mass is 10.3. The third kappa shape index (κ3) is 3.26. The van der Waals surface area contributed by atoms with Gasteiger partial charge in [-0.3, -0.25) is 5.43 Å². The third-order valence-corrected chi connectivity index (χ3v) is 2.34. The molecule has 0 fully saturated rings. The number of anilines is 1. The number of halogens is 2. The molecule has 0 spiro atoms. The maximum atomic E-state index is 13.5. The molecule has 0 amide bonds. The number of guanidine groups is 1. The third-order valence-electron chi connectivity index (χ3n) is 2.34. The highest BCUT2D eigenvalue weighted by Crippen LogP contribution is 2.20. The van der Waals surface area contributed by atoms with Crippen LogP contribution in [0.2, 0.25) is 0 Å². The second-order valence-corrected chi connectivity index (χ2v) is 3.67. The maximum Gasteiger partial charge on any atom is 0.215 e. The molecular formula is C13H12F2N4. The number of aliphatic imine (C=N–C) groups is 1. The minimum Gasteiger partial charge on any atom is -0.325 e. The van der Waals surface area contributed by atoms with Crippen LogP contribution in [-0.4, -0.2) is 5.96 Å². The number of hydrazine groups is 1. The van der Waals surface area contributed by atoms with Crippen molar-refractivity contribution in [2.45, 2.75) is 0 Å². The molecule has 2 aromatic rings. The highest BCUT2D eigenvalue weighted by Gasteiger charge is 2.07. The van der Waals surface area contributed by atoms with Crippen molar-refractivity contribution in [2.24, 2.45) is 10.8 Å². The Hall–Kier alpha value is -2.47. The molecule has 0 atom stereocenters. The van der Waals surface area contributed by atoms with E-state index in [4.69, 9.17) is 5.84 Å². The van der Waals surface area contributed by atoms with Gasteiger partial charge >= 0.3 is 0 Å². The predicted octanol–water partition coefficient (Wildman–Crippen LogP) is 2.53. The largest absolute Gasteiger partial charge is 0.325 e. The van der Waals surface area contributed by atoms with Crippen LogP contribution in [0.1, 0.15) is 0 Å². The maximum absolute atomic E-state index is 13.5. The van der Waals surface area contributed by atoms with Gasteiger partial charge in [0.25, 0.3) is 0 Å². The van der Waals surface area contributed by atoms with Crippen LogP contribution in [-0.2, 0) is 0 Å². The van der Waals surface area contributed by atoms with Gasteiger partial charge in [-0.1, -0.05) is 24.3 Å². The minimum absolute atomic E-state index is 0.107. The summed E-state index contributed by atoms with van der Waals surface area (Å²) in [6.45, 7) is 0. The van der Waals surface area contributed by atoms with Crippen molar-refractivity contribution < 1.29 is 8.78 Å². The molecule has 4 nitrogen and oxygen atoms in total. The van der Waals surface area contributed by atoms with Gasteiger partial charge in [0.1, 0.15) is 5.69 Å². The lowest BCUT2D eigenvalue weighted by Crippen LogP contribution is -2.36. The van der Waals surface area contributed by atoms with Gasteiger partial charge in [-0.15, -0.1) is 0 Å². The molecule has 0 aliphatic rings. The van der Waals surface area contributed by atoms with Crippen molar-refractivity contribution in [2.75, 3.05) is 5.32 Å². The first-order valence-corrected chi connectivity index (χ1v) is 5.52. The van der Waals surface area contributed by atoms with Crippen LogP contribution in [0.25, 0.3) is 0 Å². The van der Waals surface area contributed by atoms with E-state index in [1.54, 1.807) is 12.1 Å². The number of para-hydroxylation sites is 1. The van der Waals surface area contributed by atoms with Gasteiger partial charge in [0, 0.05) is 5.69 Å². The van der Waals surface area contributed by atoms with Crippen molar-refractivity contribution in [3.05, 3.63) is 60.2 Å². The quantitative estimate of drug-likeness (QED) is 0.337. The van der Waals surface area contributed by atoms with Crippen molar-refractivity contribution in [3.8, 4) is 0 Å². The lowest BCUT2D eigenvalue weighted by Gasteiger charge is -2.09. The second kappa shape index (κ2) is 5.92. The number of hydrogen-bond donors (Lipinski definition) is 3. The molecule has 2 aromatic carbocycles. The summed E-state index contributed by atoms with van der Waals surface area (Å²) in [5.41, 5.74) is 2.87. The second-order valence-electron chi connectivity index (χ2n) is 3.67. The summed E-state index contributed by atoms with van der Waals surface area (Å²) in [6.07, 6.45) is 0. The Morgan fingerprint density at radius 3 is 2.42 bits per heavy atom. The van der Waals surface area contributed by atoms with E-state index in [2.05, 4.69) is 15.7 Å². The molecule has 0 aliphatic carbocycles.